The molecular weight excluding hydrogens is 262 g/mol. The second-order valence-electron chi connectivity index (χ2n) is 4.81. The van der Waals surface area contributed by atoms with Crippen molar-refractivity contribution in [2.75, 3.05) is 5.32 Å². The molecule has 0 aliphatic carbocycles. The molecule has 3 aromatic rings. The lowest BCUT2D eigenvalue weighted by atomic mass is 10.1. The molecule has 3 rings (SSSR count). The van der Waals surface area contributed by atoms with Gasteiger partial charge >= 0.3 is 0 Å². The van der Waals surface area contributed by atoms with Crippen LogP contribution in [-0.2, 0) is 13.2 Å². The van der Waals surface area contributed by atoms with E-state index in [2.05, 4.69) is 10.4 Å². The molecule has 1 aromatic heterocycles. The van der Waals surface area contributed by atoms with E-state index >= 15 is 0 Å². The van der Waals surface area contributed by atoms with Gasteiger partial charge in [-0.2, -0.15) is 5.10 Å². The molecule has 0 aliphatic rings. The van der Waals surface area contributed by atoms with Crippen LogP contribution in [0, 0.1) is 0 Å². The molecular formula is C17H17N3O. The smallest absolute Gasteiger partial charge is 0.148 e. The first-order valence-corrected chi connectivity index (χ1v) is 6.89. The van der Waals surface area contributed by atoms with E-state index in [4.69, 9.17) is 5.11 Å². The minimum Gasteiger partial charge on any atom is -0.392 e. The van der Waals surface area contributed by atoms with Crippen molar-refractivity contribution in [2.24, 2.45) is 0 Å². The summed E-state index contributed by atoms with van der Waals surface area (Å²) in [5, 5.41) is 16.8. The number of nitrogens with one attached hydrogen (secondary N) is 1. The van der Waals surface area contributed by atoms with E-state index in [0.29, 0.717) is 6.54 Å². The Balaban J connectivity index is 1.64. The Morgan fingerprint density at radius 2 is 1.62 bits per heavy atom. The maximum Gasteiger partial charge on any atom is 0.148 e. The Labute approximate surface area is 123 Å². The summed E-state index contributed by atoms with van der Waals surface area (Å²) in [7, 11) is 0. The maximum absolute atomic E-state index is 9.02. The van der Waals surface area contributed by atoms with Crippen molar-refractivity contribution < 1.29 is 5.11 Å². The molecule has 0 fully saturated rings. The molecule has 21 heavy (non-hydrogen) atoms. The van der Waals surface area contributed by atoms with Crippen molar-refractivity contribution in [3.8, 4) is 5.69 Å². The number of anilines is 1. The van der Waals surface area contributed by atoms with E-state index in [1.165, 1.54) is 0 Å². The number of aliphatic hydroxyl groups is 1. The van der Waals surface area contributed by atoms with Gasteiger partial charge in [-0.15, -0.1) is 0 Å². The van der Waals surface area contributed by atoms with Crippen LogP contribution >= 0.6 is 0 Å². The third-order valence-electron chi connectivity index (χ3n) is 3.29. The maximum atomic E-state index is 9.02. The number of aliphatic hydroxyl groups excluding tert-OH is 1. The number of hydrogen-bond donors (Lipinski definition) is 2. The quantitative estimate of drug-likeness (QED) is 0.755. The van der Waals surface area contributed by atoms with E-state index < -0.39 is 0 Å². The summed E-state index contributed by atoms with van der Waals surface area (Å²) >= 11 is 0. The van der Waals surface area contributed by atoms with E-state index in [1.54, 1.807) is 0 Å². The fraction of sp³-hybridized carbons (Fsp3) is 0.118. The van der Waals surface area contributed by atoms with Gasteiger partial charge in [0.05, 0.1) is 12.3 Å². The van der Waals surface area contributed by atoms with Crippen LogP contribution in [0.1, 0.15) is 11.1 Å². The molecule has 0 saturated carbocycles. The highest BCUT2D eigenvalue weighted by Crippen LogP contribution is 2.11. The first-order chi connectivity index (χ1) is 10.3. The van der Waals surface area contributed by atoms with Gasteiger partial charge in [0.2, 0.25) is 0 Å². The number of aromatic nitrogens is 2. The minimum atomic E-state index is 0.0786. The Hall–Kier alpha value is -2.59. The zero-order valence-corrected chi connectivity index (χ0v) is 11.6. The number of nitrogens with zero attached hydrogens (tertiary/aromatic N) is 2. The topological polar surface area (TPSA) is 50.1 Å². The van der Waals surface area contributed by atoms with Crippen LogP contribution in [0.15, 0.2) is 66.9 Å². The van der Waals surface area contributed by atoms with Gasteiger partial charge in [-0.25, -0.2) is 4.68 Å². The first kappa shape index (κ1) is 13.4. The highest BCUT2D eigenvalue weighted by Gasteiger charge is 2.00. The van der Waals surface area contributed by atoms with E-state index in [-0.39, 0.29) is 6.61 Å². The van der Waals surface area contributed by atoms with Crippen molar-refractivity contribution in [2.45, 2.75) is 13.2 Å². The van der Waals surface area contributed by atoms with E-state index in [0.717, 1.165) is 22.6 Å². The van der Waals surface area contributed by atoms with Crippen LogP contribution in [0.4, 0.5) is 5.82 Å². The van der Waals surface area contributed by atoms with Crippen molar-refractivity contribution in [1.82, 2.24) is 9.78 Å². The molecule has 1 heterocycles. The van der Waals surface area contributed by atoms with Gasteiger partial charge in [0.1, 0.15) is 5.82 Å². The van der Waals surface area contributed by atoms with Crippen LogP contribution < -0.4 is 5.32 Å². The highest BCUT2D eigenvalue weighted by molar-refractivity contribution is 5.38. The van der Waals surface area contributed by atoms with E-state index in [1.807, 2.05) is 71.5 Å². The summed E-state index contributed by atoms with van der Waals surface area (Å²) < 4.78 is 1.84. The molecule has 2 N–H and O–H groups in total. The lowest BCUT2D eigenvalue weighted by molar-refractivity contribution is 0.282. The van der Waals surface area contributed by atoms with Crippen LogP contribution in [0.25, 0.3) is 5.69 Å². The number of rotatable bonds is 5. The van der Waals surface area contributed by atoms with Crippen molar-refractivity contribution in [3.63, 3.8) is 0 Å². The fourth-order valence-electron chi connectivity index (χ4n) is 2.10. The number of hydrogen-bond acceptors (Lipinski definition) is 3. The molecule has 2 aromatic carbocycles. The lowest BCUT2D eigenvalue weighted by Crippen LogP contribution is -2.01. The highest BCUT2D eigenvalue weighted by atomic mass is 16.3. The molecule has 0 spiro atoms. The summed E-state index contributed by atoms with van der Waals surface area (Å²) in [6.07, 6.45) is 1.94. The standard InChI is InChI=1S/C17H17N3O/c21-13-15-8-6-14(7-9-15)12-18-17-10-11-20(19-17)16-4-2-1-3-5-16/h1-11,21H,12-13H2,(H,18,19). The average molecular weight is 279 g/mol. The molecule has 0 aliphatic heterocycles. The third kappa shape index (κ3) is 3.30. The molecule has 0 amide bonds. The van der Waals surface area contributed by atoms with Gasteiger partial charge in [0, 0.05) is 18.8 Å². The van der Waals surface area contributed by atoms with Crippen molar-refractivity contribution in [3.05, 3.63) is 78.0 Å². The summed E-state index contributed by atoms with van der Waals surface area (Å²) in [6.45, 7) is 0.784. The summed E-state index contributed by atoms with van der Waals surface area (Å²) in [6, 6.07) is 19.8. The number of benzene rings is 2. The van der Waals surface area contributed by atoms with Gasteiger partial charge in [-0.3, -0.25) is 0 Å². The van der Waals surface area contributed by atoms with Crippen LogP contribution in [0.5, 0.6) is 0 Å². The second kappa shape index (κ2) is 6.24. The normalized spacial score (nSPS) is 10.5. The van der Waals surface area contributed by atoms with E-state index in [9.17, 15) is 0 Å². The van der Waals surface area contributed by atoms with Crippen LogP contribution in [-0.4, -0.2) is 14.9 Å². The van der Waals surface area contributed by atoms with Crippen LogP contribution in [0.2, 0.25) is 0 Å². The summed E-state index contributed by atoms with van der Waals surface area (Å²) in [4.78, 5) is 0. The minimum absolute atomic E-state index is 0.0786. The Kier molecular flexibility index (Phi) is 3.98. The molecule has 4 nitrogen and oxygen atoms in total. The fourth-order valence-corrected chi connectivity index (χ4v) is 2.10. The zero-order valence-electron chi connectivity index (χ0n) is 11.6. The first-order valence-electron chi connectivity index (χ1n) is 6.89. The second-order valence-corrected chi connectivity index (χ2v) is 4.81. The SMILES string of the molecule is OCc1ccc(CNc2ccn(-c3ccccc3)n2)cc1. The average Bonchev–Trinajstić information content (AvgIpc) is 3.03. The third-order valence-corrected chi connectivity index (χ3v) is 3.29. The Morgan fingerprint density at radius 1 is 0.905 bits per heavy atom. The molecule has 0 bridgehead atoms. The molecule has 0 saturated heterocycles. The Morgan fingerprint density at radius 3 is 2.33 bits per heavy atom. The molecule has 0 radical (unpaired) electrons. The predicted molar refractivity (Wildman–Crippen MR) is 83.3 cm³/mol. The lowest BCUT2D eigenvalue weighted by Gasteiger charge is -2.04. The van der Waals surface area contributed by atoms with Gasteiger partial charge in [0.25, 0.3) is 0 Å². The van der Waals surface area contributed by atoms with Crippen molar-refractivity contribution >= 4 is 5.82 Å². The van der Waals surface area contributed by atoms with Gasteiger partial charge in [-0.1, -0.05) is 42.5 Å². The largest absolute Gasteiger partial charge is 0.392 e. The predicted octanol–water partition coefficient (Wildman–Crippen LogP) is 2.98. The summed E-state index contributed by atoms with van der Waals surface area (Å²) in [5.74, 6) is 0.838. The van der Waals surface area contributed by atoms with Gasteiger partial charge in [-0.05, 0) is 23.3 Å². The van der Waals surface area contributed by atoms with Gasteiger partial charge < -0.3 is 10.4 Å². The van der Waals surface area contributed by atoms with Gasteiger partial charge in [0.15, 0.2) is 0 Å². The number of para-hydroxylation sites is 1. The molecule has 4 heteroatoms. The van der Waals surface area contributed by atoms with Crippen molar-refractivity contribution in [1.29, 1.82) is 0 Å². The molecule has 0 unspecified atom stereocenters. The van der Waals surface area contributed by atoms with Crippen LogP contribution in [0.3, 0.4) is 0 Å². The molecule has 106 valence electrons. The zero-order chi connectivity index (χ0) is 14.5. The molecule has 0 atom stereocenters. The monoisotopic (exact) mass is 279 g/mol. The Bertz CT molecular complexity index is 690. The summed E-state index contributed by atoms with van der Waals surface area (Å²) in [5.41, 5.74) is 3.12.